The third kappa shape index (κ3) is 7.65. The van der Waals surface area contributed by atoms with Crippen molar-refractivity contribution in [2.24, 2.45) is 0 Å². The number of rotatable bonds is 9. The molecule has 4 aromatic rings. The molecule has 3 N–H and O–H groups in total. The molecule has 0 radical (unpaired) electrons. The summed E-state index contributed by atoms with van der Waals surface area (Å²) >= 11 is 6.39. The fraction of sp³-hybridized carbons (Fsp3) is 0.250. The number of benzene rings is 3. The van der Waals surface area contributed by atoms with E-state index in [0.717, 1.165) is 6.26 Å². The number of amides is 1. The van der Waals surface area contributed by atoms with Crippen LogP contribution in [-0.4, -0.2) is 38.5 Å². The minimum absolute atomic E-state index is 0.210. The van der Waals surface area contributed by atoms with E-state index in [1.807, 2.05) is 0 Å². The predicted octanol–water partition coefficient (Wildman–Crippen LogP) is 7.07. The lowest BCUT2D eigenvalue weighted by Crippen LogP contribution is -2.21. The molecule has 0 saturated heterocycles. The fourth-order valence-corrected chi connectivity index (χ4v) is 5.08. The number of halogens is 4. The maximum Gasteiger partial charge on any atom is 0.573 e. The quantitative estimate of drug-likeness (QED) is 0.188. The average molecular weight is 610 g/mol. The van der Waals surface area contributed by atoms with E-state index in [9.17, 15) is 26.4 Å². The van der Waals surface area contributed by atoms with Gasteiger partial charge in [0, 0.05) is 33.1 Å². The molecule has 0 atom stereocenters. The molecule has 218 valence electrons. The van der Waals surface area contributed by atoms with Gasteiger partial charge in [-0.15, -0.1) is 13.2 Å². The Morgan fingerprint density at radius 3 is 2.29 bits per heavy atom. The Balaban J connectivity index is 1.63. The highest BCUT2D eigenvalue weighted by atomic mass is 35.5. The van der Waals surface area contributed by atoms with Crippen LogP contribution in [0.5, 0.6) is 11.5 Å². The molecule has 0 unspecified atom stereocenters. The number of carbonyl (C=O) groups is 1. The summed E-state index contributed by atoms with van der Waals surface area (Å²) in [5.74, 6) is -0.693. The van der Waals surface area contributed by atoms with Crippen molar-refractivity contribution in [1.29, 1.82) is 0 Å². The van der Waals surface area contributed by atoms with Crippen LogP contribution in [0.15, 0.2) is 60.7 Å². The van der Waals surface area contributed by atoms with Gasteiger partial charge in [-0.1, -0.05) is 31.5 Å². The highest BCUT2D eigenvalue weighted by molar-refractivity contribution is 7.92. The van der Waals surface area contributed by atoms with Crippen molar-refractivity contribution in [3.8, 4) is 11.5 Å². The first-order valence-corrected chi connectivity index (χ1v) is 14.6. The van der Waals surface area contributed by atoms with Crippen molar-refractivity contribution in [2.45, 2.75) is 32.5 Å². The SMILES string of the molecule is CCOc1cc(OC(F)(F)F)cc(C(C)(C)c2cc(Cl)cc(NC(=O)c3cc4ccc(NS(C)(=O)=O)cc4[nH]3)c2)c1. The summed E-state index contributed by atoms with van der Waals surface area (Å²) in [4.78, 5) is 16.1. The van der Waals surface area contributed by atoms with Crippen LogP contribution in [0.3, 0.4) is 0 Å². The van der Waals surface area contributed by atoms with E-state index < -0.39 is 33.5 Å². The van der Waals surface area contributed by atoms with E-state index in [1.54, 1.807) is 69.3 Å². The zero-order valence-corrected chi connectivity index (χ0v) is 24.0. The number of nitrogens with one attached hydrogen (secondary N) is 3. The van der Waals surface area contributed by atoms with Gasteiger partial charge in [0.2, 0.25) is 10.0 Å². The summed E-state index contributed by atoms with van der Waals surface area (Å²) < 4.78 is 74.0. The lowest BCUT2D eigenvalue weighted by Gasteiger charge is -2.28. The minimum Gasteiger partial charge on any atom is -0.494 e. The molecule has 1 aromatic heterocycles. The Labute approximate surface area is 239 Å². The van der Waals surface area contributed by atoms with Crippen LogP contribution in [-0.2, 0) is 15.4 Å². The largest absolute Gasteiger partial charge is 0.573 e. The van der Waals surface area contributed by atoms with Crippen LogP contribution in [0.2, 0.25) is 5.02 Å². The molecule has 0 bridgehead atoms. The lowest BCUT2D eigenvalue weighted by molar-refractivity contribution is -0.274. The number of sulfonamides is 1. The first-order valence-electron chi connectivity index (χ1n) is 12.3. The van der Waals surface area contributed by atoms with Crippen molar-refractivity contribution < 1.29 is 35.9 Å². The van der Waals surface area contributed by atoms with Gasteiger partial charge in [-0.25, -0.2) is 8.42 Å². The summed E-state index contributed by atoms with van der Waals surface area (Å²) in [7, 11) is -3.47. The zero-order chi connectivity index (χ0) is 30.2. The second-order valence-corrected chi connectivity index (χ2v) is 12.0. The first kappa shape index (κ1) is 30.1. The van der Waals surface area contributed by atoms with Crippen LogP contribution < -0.4 is 19.5 Å². The van der Waals surface area contributed by atoms with Gasteiger partial charge in [-0.05, 0) is 66.6 Å². The molecule has 1 heterocycles. The van der Waals surface area contributed by atoms with Crippen molar-refractivity contribution in [3.05, 3.63) is 82.5 Å². The number of anilines is 2. The van der Waals surface area contributed by atoms with E-state index in [0.29, 0.717) is 38.4 Å². The number of hydrogen-bond acceptors (Lipinski definition) is 5. The molecule has 0 aliphatic carbocycles. The highest BCUT2D eigenvalue weighted by Gasteiger charge is 2.33. The third-order valence-electron chi connectivity index (χ3n) is 6.19. The van der Waals surface area contributed by atoms with E-state index in [-0.39, 0.29) is 18.1 Å². The van der Waals surface area contributed by atoms with Crippen molar-refractivity contribution in [3.63, 3.8) is 0 Å². The monoisotopic (exact) mass is 609 g/mol. The molecular weight excluding hydrogens is 583 g/mol. The molecule has 3 aromatic carbocycles. The molecule has 13 heteroatoms. The number of carbonyl (C=O) groups excluding carboxylic acids is 1. The summed E-state index contributed by atoms with van der Waals surface area (Å²) in [5, 5.41) is 3.77. The Hall–Kier alpha value is -3.90. The Bertz CT molecular complexity index is 1720. The summed E-state index contributed by atoms with van der Waals surface area (Å²) in [6.07, 6.45) is -3.84. The summed E-state index contributed by atoms with van der Waals surface area (Å²) in [6.45, 7) is 5.55. The second kappa shape index (κ2) is 11.2. The van der Waals surface area contributed by atoms with E-state index in [1.165, 1.54) is 12.1 Å². The molecule has 0 aliphatic heterocycles. The van der Waals surface area contributed by atoms with E-state index in [4.69, 9.17) is 16.3 Å². The van der Waals surface area contributed by atoms with Crippen LogP contribution in [0.4, 0.5) is 24.5 Å². The van der Waals surface area contributed by atoms with Gasteiger partial charge in [0.25, 0.3) is 5.91 Å². The van der Waals surface area contributed by atoms with Crippen LogP contribution in [0.25, 0.3) is 10.9 Å². The van der Waals surface area contributed by atoms with Gasteiger partial charge >= 0.3 is 6.36 Å². The predicted molar refractivity (Wildman–Crippen MR) is 153 cm³/mol. The van der Waals surface area contributed by atoms with Crippen molar-refractivity contribution in [1.82, 2.24) is 4.98 Å². The number of aromatic nitrogens is 1. The second-order valence-electron chi connectivity index (χ2n) is 9.84. The summed E-state index contributed by atoms with van der Waals surface area (Å²) in [5.41, 5.74) is 1.66. The van der Waals surface area contributed by atoms with E-state index in [2.05, 4.69) is 19.8 Å². The van der Waals surface area contributed by atoms with Gasteiger partial charge in [0.1, 0.15) is 17.2 Å². The highest BCUT2D eigenvalue weighted by Crippen LogP contribution is 2.39. The number of fused-ring (bicyclic) bond motifs is 1. The maximum absolute atomic E-state index is 13.1. The molecule has 4 rings (SSSR count). The van der Waals surface area contributed by atoms with Gasteiger partial charge in [0.15, 0.2) is 0 Å². The topological polar surface area (TPSA) is 110 Å². The number of ether oxygens (including phenoxy) is 2. The molecular formula is C28H27ClF3N3O5S. The third-order valence-corrected chi connectivity index (χ3v) is 7.02. The number of H-pyrrole nitrogens is 1. The minimum atomic E-state index is -4.88. The van der Waals surface area contributed by atoms with Gasteiger partial charge < -0.3 is 19.8 Å². The van der Waals surface area contributed by atoms with Crippen molar-refractivity contribution >= 4 is 49.8 Å². The van der Waals surface area contributed by atoms with Crippen LogP contribution in [0, 0.1) is 0 Å². The molecule has 0 fully saturated rings. The van der Waals surface area contributed by atoms with Gasteiger partial charge in [-0.2, -0.15) is 0 Å². The zero-order valence-electron chi connectivity index (χ0n) is 22.4. The Kier molecular flexibility index (Phi) is 8.19. The molecule has 41 heavy (non-hydrogen) atoms. The molecule has 0 spiro atoms. The lowest BCUT2D eigenvalue weighted by atomic mass is 9.78. The summed E-state index contributed by atoms with van der Waals surface area (Å²) in [6, 6.07) is 15.4. The Morgan fingerprint density at radius 2 is 1.63 bits per heavy atom. The Morgan fingerprint density at radius 1 is 0.951 bits per heavy atom. The molecule has 8 nitrogen and oxygen atoms in total. The molecule has 1 amide bonds. The van der Waals surface area contributed by atoms with Crippen LogP contribution in [0.1, 0.15) is 42.4 Å². The normalized spacial score (nSPS) is 12.3. The number of hydrogen-bond donors (Lipinski definition) is 3. The number of aromatic amines is 1. The van der Waals surface area contributed by atoms with E-state index >= 15 is 0 Å². The smallest absolute Gasteiger partial charge is 0.494 e. The van der Waals surface area contributed by atoms with Gasteiger partial charge in [-0.3, -0.25) is 9.52 Å². The maximum atomic E-state index is 13.1. The molecule has 0 saturated carbocycles. The standard InChI is InChI=1S/C28H27ClF3N3O5S/c1-5-39-22-11-18(12-23(15-22)40-28(30,31)32)27(2,3)17-9-19(29)13-21(10-17)33-26(36)25-8-16-6-7-20(14-24(16)34-25)35-41(4,37)38/h6-15,34-35H,5H2,1-4H3,(H,33,36). The first-order chi connectivity index (χ1) is 19.0. The molecule has 0 aliphatic rings. The fourth-order valence-electron chi connectivity index (χ4n) is 4.29. The van der Waals surface area contributed by atoms with Crippen molar-refractivity contribution in [2.75, 3.05) is 22.9 Å². The average Bonchev–Trinajstić information content (AvgIpc) is 3.25. The number of alkyl halides is 3. The van der Waals surface area contributed by atoms with Crippen LogP contribution >= 0.6 is 11.6 Å². The van der Waals surface area contributed by atoms with Gasteiger partial charge in [0.05, 0.1) is 18.6 Å².